The van der Waals surface area contributed by atoms with E-state index in [9.17, 15) is 0 Å². The van der Waals surface area contributed by atoms with Gasteiger partial charge in [0.2, 0.25) is 0 Å². The molecule has 4 nitrogen and oxygen atoms in total. The molecule has 0 aliphatic rings. The number of rotatable bonds is 8. The van der Waals surface area contributed by atoms with E-state index >= 15 is 0 Å². The average molecular weight is 286 g/mol. The maximum atomic E-state index is 4.22. The molecule has 0 aliphatic heterocycles. The molecule has 0 amide bonds. The van der Waals surface area contributed by atoms with Crippen LogP contribution in [0.15, 0.2) is 30.5 Å². The molecule has 1 aromatic heterocycles. The highest BCUT2D eigenvalue weighted by molar-refractivity contribution is 5.62. The van der Waals surface area contributed by atoms with E-state index in [4.69, 9.17) is 0 Å². The van der Waals surface area contributed by atoms with Crippen molar-refractivity contribution >= 4 is 0 Å². The largest absolute Gasteiger partial charge is 0.318 e. The second kappa shape index (κ2) is 7.96. The van der Waals surface area contributed by atoms with Crippen molar-refractivity contribution < 1.29 is 0 Å². The molecular formula is C17H26N4. The monoisotopic (exact) mass is 286 g/mol. The van der Waals surface area contributed by atoms with Gasteiger partial charge in [-0.3, -0.25) is 5.10 Å². The summed E-state index contributed by atoms with van der Waals surface area (Å²) in [6, 6.07) is 8.81. The van der Waals surface area contributed by atoms with Crippen LogP contribution in [0.1, 0.15) is 24.5 Å². The lowest BCUT2D eigenvalue weighted by Crippen LogP contribution is -2.26. The summed E-state index contributed by atoms with van der Waals surface area (Å²) in [5.41, 5.74) is 4.99. The van der Waals surface area contributed by atoms with Crippen LogP contribution in [-0.2, 0) is 13.0 Å². The molecule has 21 heavy (non-hydrogen) atoms. The Morgan fingerprint density at radius 1 is 1.24 bits per heavy atom. The van der Waals surface area contributed by atoms with Crippen molar-refractivity contribution in [2.45, 2.75) is 26.3 Å². The van der Waals surface area contributed by atoms with Crippen LogP contribution in [0.25, 0.3) is 11.3 Å². The van der Waals surface area contributed by atoms with Gasteiger partial charge in [0.25, 0.3) is 0 Å². The molecule has 0 bridgehead atoms. The zero-order valence-electron chi connectivity index (χ0n) is 13.3. The number of aromatic amines is 1. The molecule has 0 spiro atoms. The molecule has 0 unspecified atom stereocenters. The number of aryl methyl sites for hydroxylation is 1. The van der Waals surface area contributed by atoms with E-state index in [0.717, 1.165) is 31.7 Å². The van der Waals surface area contributed by atoms with Gasteiger partial charge in [-0.05, 0) is 31.6 Å². The SMILES string of the molecule is CCCc1ccc(-c2[nH]ncc2CN(C)CCNC)cc1. The predicted octanol–water partition coefficient (Wildman–Crippen LogP) is 2.68. The molecular weight excluding hydrogens is 260 g/mol. The topological polar surface area (TPSA) is 44.0 Å². The van der Waals surface area contributed by atoms with Crippen molar-refractivity contribution in [1.82, 2.24) is 20.4 Å². The fraction of sp³-hybridized carbons (Fsp3) is 0.471. The van der Waals surface area contributed by atoms with Gasteiger partial charge in [0.05, 0.1) is 11.9 Å². The Hall–Kier alpha value is -1.65. The van der Waals surface area contributed by atoms with E-state index < -0.39 is 0 Å². The molecule has 4 heteroatoms. The Kier molecular flexibility index (Phi) is 5.96. The minimum atomic E-state index is 0.907. The smallest absolute Gasteiger partial charge is 0.0695 e. The Bertz CT molecular complexity index is 530. The summed E-state index contributed by atoms with van der Waals surface area (Å²) in [5, 5.41) is 10.5. The zero-order chi connectivity index (χ0) is 15.1. The first-order valence-corrected chi connectivity index (χ1v) is 7.69. The second-order valence-corrected chi connectivity index (χ2v) is 5.56. The summed E-state index contributed by atoms with van der Waals surface area (Å²) < 4.78 is 0. The van der Waals surface area contributed by atoms with E-state index in [2.05, 4.69) is 58.7 Å². The van der Waals surface area contributed by atoms with Gasteiger partial charge in [0.15, 0.2) is 0 Å². The number of likely N-dealkylation sites (N-methyl/N-ethyl adjacent to an activating group) is 2. The first-order valence-electron chi connectivity index (χ1n) is 7.69. The Morgan fingerprint density at radius 2 is 2.00 bits per heavy atom. The highest BCUT2D eigenvalue weighted by Crippen LogP contribution is 2.22. The van der Waals surface area contributed by atoms with E-state index in [-0.39, 0.29) is 0 Å². The normalized spacial score (nSPS) is 11.2. The standard InChI is InChI=1S/C17H26N4/c1-4-5-14-6-8-15(9-7-14)17-16(12-19-20-17)13-21(3)11-10-18-2/h6-9,12,18H,4-5,10-11,13H2,1-3H3,(H,19,20). The van der Waals surface area contributed by atoms with Crippen molar-refractivity contribution in [3.8, 4) is 11.3 Å². The first-order chi connectivity index (χ1) is 10.2. The zero-order valence-corrected chi connectivity index (χ0v) is 13.3. The van der Waals surface area contributed by atoms with Crippen molar-refractivity contribution in [2.24, 2.45) is 0 Å². The molecule has 0 saturated heterocycles. The lowest BCUT2D eigenvalue weighted by molar-refractivity contribution is 0.328. The number of benzene rings is 1. The minimum absolute atomic E-state index is 0.907. The number of aromatic nitrogens is 2. The van der Waals surface area contributed by atoms with Gasteiger partial charge >= 0.3 is 0 Å². The molecule has 2 rings (SSSR count). The number of nitrogens with one attached hydrogen (secondary N) is 2. The van der Waals surface area contributed by atoms with Gasteiger partial charge in [0, 0.05) is 25.2 Å². The van der Waals surface area contributed by atoms with Crippen molar-refractivity contribution in [2.75, 3.05) is 27.2 Å². The highest BCUT2D eigenvalue weighted by atomic mass is 15.1. The molecule has 0 atom stereocenters. The van der Waals surface area contributed by atoms with Crippen LogP contribution in [0.5, 0.6) is 0 Å². The molecule has 1 heterocycles. The summed E-state index contributed by atoms with van der Waals surface area (Å²) in [5.74, 6) is 0. The highest BCUT2D eigenvalue weighted by Gasteiger charge is 2.09. The lowest BCUT2D eigenvalue weighted by Gasteiger charge is -2.16. The van der Waals surface area contributed by atoms with Gasteiger partial charge in [-0.1, -0.05) is 37.6 Å². The Labute approximate surface area is 127 Å². The third kappa shape index (κ3) is 4.41. The van der Waals surface area contributed by atoms with Crippen LogP contribution in [0, 0.1) is 0 Å². The van der Waals surface area contributed by atoms with Gasteiger partial charge in [0.1, 0.15) is 0 Å². The Balaban J connectivity index is 2.08. The molecule has 1 aromatic carbocycles. The second-order valence-electron chi connectivity index (χ2n) is 5.56. The lowest BCUT2D eigenvalue weighted by atomic mass is 10.0. The van der Waals surface area contributed by atoms with E-state index in [1.54, 1.807) is 0 Å². The third-order valence-electron chi connectivity index (χ3n) is 3.68. The summed E-state index contributed by atoms with van der Waals surface area (Å²) >= 11 is 0. The van der Waals surface area contributed by atoms with Gasteiger partial charge in [-0.25, -0.2) is 0 Å². The maximum Gasteiger partial charge on any atom is 0.0695 e. The summed E-state index contributed by atoms with van der Waals surface area (Å²) in [6.07, 6.45) is 4.26. The number of hydrogen-bond acceptors (Lipinski definition) is 3. The Morgan fingerprint density at radius 3 is 2.67 bits per heavy atom. The number of nitrogens with zero attached hydrogens (tertiary/aromatic N) is 2. The van der Waals surface area contributed by atoms with E-state index in [1.165, 1.54) is 23.1 Å². The summed E-state index contributed by atoms with van der Waals surface area (Å²) in [7, 11) is 4.12. The summed E-state index contributed by atoms with van der Waals surface area (Å²) in [6.45, 7) is 5.14. The molecule has 0 saturated carbocycles. The maximum absolute atomic E-state index is 4.22. The molecule has 0 aliphatic carbocycles. The summed E-state index contributed by atoms with van der Waals surface area (Å²) in [4.78, 5) is 2.30. The fourth-order valence-corrected chi connectivity index (χ4v) is 2.48. The number of hydrogen-bond donors (Lipinski definition) is 2. The molecule has 0 fully saturated rings. The van der Waals surface area contributed by atoms with Gasteiger partial charge in [-0.15, -0.1) is 0 Å². The first kappa shape index (κ1) is 15.7. The van der Waals surface area contributed by atoms with Gasteiger partial charge in [-0.2, -0.15) is 5.10 Å². The molecule has 114 valence electrons. The molecule has 2 aromatic rings. The van der Waals surface area contributed by atoms with Crippen LogP contribution >= 0.6 is 0 Å². The fourth-order valence-electron chi connectivity index (χ4n) is 2.48. The third-order valence-corrected chi connectivity index (χ3v) is 3.68. The molecule has 0 radical (unpaired) electrons. The van der Waals surface area contributed by atoms with Crippen LogP contribution in [-0.4, -0.2) is 42.3 Å². The van der Waals surface area contributed by atoms with Crippen molar-refractivity contribution in [1.29, 1.82) is 0 Å². The van der Waals surface area contributed by atoms with Gasteiger partial charge < -0.3 is 10.2 Å². The number of H-pyrrole nitrogens is 1. The van der Waals surface area contributed by atoms with Crippen molar-refractivity contribution in [3.63, 3.8) is 0 Å². The quantitative estimate of drug-likeness (QED) is 0.784. The predicted molar refractivity (Wildman–Crippen MR) is 88.3 cm³/mol. The van der Waals surface area contributed by atoms with Crippen LogP contribution in [0.4, 0.5) is 0 Å². The van der Waals surface area contributed by atoms with Crippen LogP contribution < -0.4 is 5.32 Å². The van der Waals surface area contributed by atoms with Crippen LogP contribution in [0.3, 0.4) is 0 Å². The van der Waals surface area contributed by atoms with E-state index in [1.807, 2.05) is 13.2 Å². The van der Waals surface area contributed by atoms with Crippen molar-refractivity contribution in [3.05, 3.63) is 41.6 Å². The van der Waals surface area contributed by atoms with Crippen LogP contribution in [0.2, 0.25) is 0 Å². The minimum Gasteiger partial charge on any atom is -0.318 e. The van der Waals surface area contributed by atoms with E-state index in [0.29, 0.717) is 0 Å². The average Bonchev–Trinajstić information content (AvgIpc) is 2.94. The molecule has 2 N–H and O–H groups in total.